The quantitative estimate of drug-likeness (QED) is 0.711. The third-order valence-electron chi connectivity index (χ3n) is 6.77. The van der Waals surface area contributed by atoms with E-state index in [1.165, 1.54) is 0 Å². The number of halogens is 1. The molecule has 0 bridgehead atoms. The van der Waals surface area contributed by atoms with Gasteiger partial charge in [-0.3, -0.25) is 14.4 Å². The second-order valence-corrected chi connectivity index (χ2v) is 9.20. The molecule has 1 aliphatic carbocycles. The van der Waals surface area contributed by atoms with Gasteiger partial charge in [-0.2, -0.15) is 0 Å². The molecule has 4 atom stereocenters. The SMILES string of the molecule is NC(=O)c1ccc2nnn([C@H](C(=O)N3C[C@H](Cl)[C@H]4OCC(=O)[C@H]43)C3CCCCC3)c2c1. The molecule has 3 heterocycles. The first kappa shape index (κ1) is 20.4. The highest BCUT2D eigenvalue weighted by Gasteiger charge is 2.53. The number of aromatic nitrogens is 3. The number of carbonyl (C=O) groups is 3. The second-order valence-electron chi connectivity index (χ2n) is 8.64. The van der Waals surface area contributed by atoms with Gasteiger partial charge in [0.15, 0.2) is 5.78 Å². The summed E-state index contributed by atoms with van der Waals surface area (Å²) in [7, 11) is 0. The van der Waals surface area contributed by atoms with Crippen LogP contribution >= 0.6 is 11.6 Å². The average Bonchev–Trinajstić information content (AvgIpc) is 3.45. The molecule has 0 unspecified atom stereocenters. The van der Waals surface area contributed by atoms with Crippen molar-refractivity contribution < 1.29 is 19.1 Å². The van der Waals surface area contributed by atoms with Gasteiger partial charge in [-0.05, 0) is 37.0 Å². The Morgan fingerprint density at radius 3 is 2.74 bits per heavy atom. The fourth-order valence-corrected chi connectivity index (χ4v) is 5.60. The normalized spacial score (nSPS) is 27.6. The van der Waals surface area contributed by atoms with Crippen LogP contribution in [0.3, 0.4) is 0 Å². The molecule has 2 aromatic rings. The minimum Gasteiger partial charge on any atom is -0.366 e. The van der Waals surface area contributed by atoms with E-state index in [0.29, 0.717) is 16.6 Å². The number of ether oxygens (including phenoxy) is 1. The largest absolute Gasteiger partial charge is 0.366 e. The van der Waals surface area contributed by atoms with Gasteiger partial charge >= 0.3 is 0 Å². The number of primary amides is 1. The molecular weight excluding hydrogens is 422 g/mol. The number of Topliss-reactive ketones (excluding diaryl/α,β-unsaturated/α-hetero) is 1. The topological polar surface area (TPSA) is 120 Å². The van der Waals surface area contributed by atoms with Crippen LogP contribution in [0.15, 0.2) is 18.2 Å². The van der Waals surface area contributed by atoms with Crippen LogP contribution in [0, 0.1) is 5.92 Å². The first-order valence-electron chi connectivity index (χ1n) is 10.7. The molecule has 2 amide bonds. The molecule has 10 heteroatoms. The number of likely N-dealkylation sites (tertiary alicyclic amines) is 1. The van der Waals surface area contributed by atoms with Gasteiger partial charge < -0.3 is 15.4 Å². The van der Waals surface area contributed by atoms with Crippen LogP contribution in [0.2, 0.25) is 0 Å². The predicted octanol–water partition coefficient (Wildman–Crippen LogP) is 1.44. The van der Waals surface area contributed by atoms with E-state index in [4.69, 9.17) is 22.1 Å². The lowest BCUT2D eigenvalue weighted by molar-refractivity contribution is -0.141. The Morgan fingerprint density at radius 1 is 1.23 bits per heavy atom. The lowest BCUT2D eigenvalue weighted by Gasteiger charge is -2.33. The number of carbonyl (C=O) groups excluding carboxylic acids is 3. The van der Waals surface area contributed by atoms with Crippen molar-refractivity contribution >= 4 is 40.2 Å². The van der Waals surface area contributed by atoms with Crippen molar-refractivity contribution in [1.82, 2.24) is 19.9 Å². The number of alkyl halides is 1. The Balaban J connectivity index is 1.57. The maximum absolute atomic E-state index is 13.9. The highest BCUT2D eigenvalue weighted by atomic mass is 35.5. The Morgan fingerprint density at radius 2 is 2.00 bits per heavy atom. The highest BCUT2D eigenvalue weighted by Crippen LogP contribution is 2.39. The van der Waals surface area contributed by atoms with Gasteiger partial charge in [0.1, 0.15) is 30.3 Å². The van der Waals surface area contributed by atoms with E-state index in [1.807, 2.05) is 0 Å². The number of hydrogen-bond donors (Lipinski definition) is 1. The van der Waals surface area contributed by atoms with E-state index in [9.17, 15) is 14.4 Å². The summed E-state index contributed by atoms with van der Waals surface area (Å²) in [6.45, 7) is 0.231. The third-order valence-corrected chi connectivity index (χ3v) is 7.16. The van der Waals surface area contributed by atoms with Crippen LogP contribution in [0.4, 0.5) is 0 Å². The number of benzene rings is 1. The number of hydrogen-bond acceptors (Lipinski definition) is 6. The lowest BCUT2D eigenvalue weighted by Crippen LogP contribution is -2.47. The van der Waals surface area contributed by atoms with Gasteiger partial charge in [-0.15, -0.1) is 16.7 Å². The molecule has 0 radical (unpaired) electrons. The van der Waals surface area contributed by atoms with E-state index >= 15 is 0 Å². The summed E-state index contributed by atoms with van der Waals surface area (Å²) in [5.41, 5.74) is 6.94. The zero-order chi connectivity index (χ0) is 21.7. The molecule has 0 spiro atoms. The van der Waals surface area contributed by atoms with Crippen molar-refractivity contribution in [2.45, 2.75) is 55.7 Å². The lowest BCUT2D eigenvalue weighted by atomic mass is 9.83. The summed E-state index contributed by atoms with van der Waals surface area (Å²) >= 11 is 6.43. The Kier molecular flexibility index (Phi) is 5.18. The molecule has 3 aliphatic rings. The second kappa shape index (κ2) is 7.87. The van der Waals surface area contributed by atoms with E-state index < -0.39 is 29.5 Å². The Bertz CT molecular complexity index is 1050. The predicted molar refractivity (Wildman–Crippen MR) is 112 cm³/mol. The Labute approximate surface area is 183 Å². The number of fused-ring (bicyclic) bond motifs is 2. The van der Waals surface area contributed by atoms with Crippen molar-refractivity contribution in [3.8, 4) is 0 Å². The van der Waals surface area contributed by atoms with Crippen molar-refractivity contribution in [1.29, 1.82) is 0 Å². The van der Waals surface area contributed by atoms with Gasteiger partial charge in [0, 0.05) is 12.1 Å². The van der Waals surface area contributed by atoms with Crippen LogP contribution in [0.5, 0.6) is 0 Å². The van der Waals surface area contributed by atoms with E-state index in [2.05, 4.69) is 10.3 Å². The van der Waals surface area contributed by atoms with Crippen molar-refractivity contribution in [3.63, 3.8) is 0 Å². The smallest absolute Gasteiger partial charge is 0.248 e. The molecular formula is C21H24ClN5O4. The van der Waals surface area contributed by atoms with Crippen molar-refractivity contribution in [3.05, 3.63) is 23.8 Å². The van der Waals surface area contributed by atoms with Gasteiger partial charge in [0.2, 0.25) is 11.8 Å². The molecule has 31 heavy (non-hydrogen) atoms. The summed E-state index contributed by atoms with van der Waals surface area (Å²) in [4.78, 5) is 39.7. The zero-order valence-electron chi connectivity index (χ0n) is 16.9. The molecule has 1 aromatic carbocycles. The standard InChI is InChI=1S/C21H24ClN5O4/c22-13-9-26(18-16(28)10-31-19(13)18)21(30)17(11-4-2-1-3-5-11)27-15-8-12(20(23)29)6-7-14(15)24-25-27/h6-8,11,13,17-19H,1-5,9-10H2,(H2,23,29)/t13-,17-,18+,19+/m0/s1. The highest BCUT2D eigenvalue weighted by molar-refractivity contribution is 6.22. The van der Waals surface area contributed by atoms with Crippen LogP contribution < -0.4 is 5.73 Å². The summed E-state index contributed by atoms with van der Waals surface area (Å²) in [6.07, 6.45) is 4.47. The number of nitrogens with two attached hydrogens (primary N) is 1. The zero-order valence-corrected chi connectivity index (χ0v) is 17.7. The van der Waals surface area contributed by atoms with Crippen molar-refractivity contribution in [2.24, 2.45) is 11.7 Å². The molecule has 9 nitrogen and oxygen atoms in total. The molecule has 1 saturated carbocycles. The first-order valence-corrected chi connectivity index (χ1v) is 11.1. The van der Waals surface area contributed by atoms with Crippen LogP contribution in [-0.2, 0) is 14.3 Å². The number of rotatable bonds is 4. The summed E-state index contributed by atoms with van der Waals surface area (Å²) in [6, 6.07) is 3.61. The van der Waals surface area contributed by atoms with Gasteiger partial charge in [-0.25, -0.2) is 4.68 Å². The fraction of sp³-hybridized carbons (Fsp3) is 0.571. The number of nitrogens with zero attached hydrogens (tertiary/aromatic N) is 4. The van der Waals surface area contributed by atoms with E-state index in [1.54, 1.807) is 27.8 Å². The summed E-state index contributed by atoms with van der Waals surface area (Å²) in [5.74, 6) is -0.826. The maximum Gasteiger partial charge on any atom is 0.248 e. The molecule has 5 rings (SSSR count). The van der Waals surface area contributed by atoms with Crippen LogP contribution in [0.1, 0.15) is 48.5 Å². The van der Waals surface area contributed by atoms with Crippen LogP contribution in [-0.4, -0.2) is 68.2 Å². The summed E-state index contributed by atoms with van der Waals surface area (Å²) in [5, 5.41) is 8.09. The monoisotopic (exact) mass is 445 g/mol. The molecule has 2 N–H and O–H groups in total. The number of ketones is 1. The molecule has 2 aliphatic heterocycles. The van der Waals surface area contributed by atoms with Gasteiger partial charge in [-0.1, -0.05) is 24.5 Å². The minimum absolute atomic E-state index is 0.0232. The summed E-state index contributed by atoms with van der Waals surface area (Å²) < 4.78 is 7.16. The van der Waals surface area contributed by atoms with E-state index in [-0.39, 0.29) is 30.8 Å². The third kappa shape index (κ3) is 3.40. The van der Waals surface area contributed by atoms with Crippen molar-refractivity contribution in [2.75, 3.05) is 13.2 Å². The molecule has 3 fully saturated rings. The van der Waals surface area contributed by atoms with Crippen LogP contribution in [0.25, 0.3) is 11.0 Å². The Hall–Kier alpha value is -2.52. The first-order chi connectivity index (χ1) is 15.0. The fourth-order valence-electron chi connectivity index (χ4n) is 5.24. The maximum atomic E-state index is 13.9. The van der Waals surface area contributed by atoms with Gasteiger partial charge in [0.05, 0.1) is 10.9 Å². The van der Waals surface area contributed by atoms with E-state index in [0.717, 1.165) is 32.1 Å². The number of amides is 2. The minimum atomic E-state index is -0.656. The molecule has 164 valence electrons. The molecule has 2 saturated heterocycles. The van der Waals surface area contributed by atoms with Gasteiger partial charge in [0.25, 0.3) is 0 Å². The molecule has 1 aromatic heterocycles. The average molecular weight is 446 g/mol.